The van der Waals surface area contributed by atoms with Crippen molar-refractivity contribution in [2.24, 2.45) is 0 Å². The highest BCUT2D eigenvalue weighted by Gasteiger charge is 2.01. The van der Waals surface area contributed by atoms with E-state index in [1.807, 2.05) is 0 Å². The highest BCUT2D eigenvalue weighted by atomic mass is 79.9. The van der Waals surface area contributed by atoms with E-state index in [0.717, 1.165) is 6.42 Å². The van der Waals surface area contributed by atoms with Crippen molar-refractivity contribution in [1.29, 1.82) is 0 Å². The van der Waals surface area contributed by atoms with Crippen LogP contribution in [0.25, 0.3) is 0 Å². The average molecular weight is 231 g/mol. The molecule has 0 aromatic heterocycles. The number of ether oxygens (including phenoxy) is 1. The summed E-state index contributed by atoms with van der Waals surface area (Å²) in [5.41, 5.74) is 0. The normalized spacial score (nSPS) is 13.5. The molecule has 0 rings (SSSR count). The highest BCUT2D eigenvalue weighted by Crippen LogP contribution is 1.98. The van der Waals surface area contributed by atoms with E-state index in [1.165, 1.54) is 0 Å². The molecule has 4 heteroatoms. The standard InChI is InChI=1S/C6H11BrClO2/c7-6(4-9)5-10-3-1-2-8/h6H,1-5H2. The molecule has 0 aromatic carbocycles. The maximum atomic E-state index is 10.1. The number of alkyl halides is 2. The molecule has 0 heterocycles. The lowest BCUT2D eigenvalue weighted by Gasteiger charge is -2.04. The predicted octanol–water partition coefficient (Wildman–Crippen LogP) is 1.83. The van der Waals surface area contributed by atoms with Gasteiger partial charge >= 0.3 is 0 Å². The van der Waals surface area contributed by atoms with E-state index in [-0.39, 0.29) is 11.4 Å². The van der Waals surface area contributed by atoms with Crippen molar-refractivity contribution in [3.05, 3.63) is 0 Å². The van der Waals surface area contributed by atoms with Gasteiger partial charge < -0.3 is 4.74 Å². The summed E-state index contributed by atoms with van der Waals surface area (Å²) in [7, 11) is 0. The van der Waals surface area contributed by atoms with Crippen molar-refractivity contribution in [3.8, 4) is 0 Å². The first-order valence-electron chi connectivity index (χ1n) is 3.17. The zero-order chi connectivity index (χ0) is 7.82. The first kappa shape index (κ1) is 10.7. The maximum absolute atomic E-state index is 10.1. The highest BCUT2D eigenvalue weighted by molar-refractivity contribution is 9.09. The first-order valence-corrected chi connectivity index (χ1v) is 4.62. The topological polar surface area (TPSA) is 29.1 Å². The fraction of sp³-hybridized carbons (Fsp3) is 1.00. The SMILES string of the molecule is [O]CC(Br)COCCCCl. The van der Waals surface area contributed by atoms with Crippen LogP contribution in [0.5, 0.6) is 0 Å². The van der Waals surface area contributed by atoms with Crippen LogP contribution < -0.4 is 0 Å². The minimum absolute atomic E-state index is 0.0529. The van der Waals surface area contributed by atoms with E-state index in [9.17, 15) is 5.11 Å². The zero-order valence-electron chi connectivity index (χ0n) is 5.69. The summed E-state index contributed by atoms with van der Waals surface area (Å²) in [6, 6.07) is 0. The van der Waals surface area contributed by atoms with E-state index in [1.54, 1.807) is 0 Å². The second-order valence-corrected chi connectivity index (χ2v) is 3.55. The van der Waals surface area contributed by atoms with Gasteiger partial charge in [-0.25, -0.2) is 5.11 Å². The Labute approximate surface area is 74.6 Å². The molecule has 1 radical (unpaired) electrons. The van der Waals surface area contributed by atoms with Crippen molar-refractivity contribution in [3.63, 3.8) is 0 Å². The molecule has 0 aliphatic heterocycles. The zero-order valence-corrected chi connectivity index (χ0v) is 8.03. The molecule has 0 aromatic rings. The molecule has 0 aliphatic carbocycles. The summed E-state index contributed by atoms with van der Waals surface area (Å²) < 4.78 is 5.10. The van der Waals surface area contributed by atoms with Gasteiger partial charge in [0.2, 0.25) is 0 Å². The van der Waals surface area contributed by atoms with E-state index in [2.05, 4.69) is 15.9 Å². The van der Waals surface area contributed by atoms with Crippen molar-refractivity contribution in [2.75, 3.05) is 25.7 Å². The first-order chi connectivity index (χ1) is 4.81. The number of halogens is 2. The lowest BCUT2D eigenvalue weighted by molar-refractivity contribution is 0.106. The molecule has 0 aliphatic rings. The summed E-state index contributed by atoms with van der Waals surface area (Å²) >= 11 is 8.56. The Kier molecular flexibility index (Phi) is 8.33. The Morgan fingerprint density at radius 3 is 2.80 bits per heavy atom. The molecule has 0 saturated carbocycles. The molecular weight excluding hydrogens is 219 g/mol. The number of hydrogen-bond donors (Lipinski definition) is 0. The smallest absolute Gasteiger partial charge is 0.0969 e. The van der Waals surface area contributed by atoms with Gasteiger partial charge in [-0.2, -0.15) is 0 Å². The summed E-state index contributed by atoms with van der Waals surface area (Å²) in [4.78, 5) is -0.0529. The predicted molar refractivity (Wildman–Crippen MR) is 44.4 cm³/mol. The third-order valence-electron chi connectivity index (χ3n) is 0.902. The van der Waals surface area contributed by atoms with Crippen molar-refractivity contribution in [2.45, 2.75) is 11.2 Å². The molecule has 0 saturated heterocycles. The summed E-state index contributed by atoms with van der Waals surface area (Å²) in [6.45, 7) is 0.993. The van der Waals surface area contributed by atoms with Gasteiger partial charge in [0.1, 0.15) is 0 Å². The Hall–Kier alpha value is 0.690. The molecule has 61 valence electrons. The molecule has 0 bridgehead atoms. The minimum atomic E-state index is -0.138. The summed E-state index contributed by atoms with van der Waals surface area (Å²) in [5.74, 6) is 0.615. The Morgan fingerprint density at radius 1 is 1.60 bits per heavy atom. The van der Waals surface area contributed by atoms with Gasteiger partial charge in [-0.1, -0.05) is 15.9 Å². The molecule has 1 atom stereocenters. The minimum Gasteiger partial charge on any atom is -0.380 e. The van der Waals surface area contributed by atoms with Gasteiger partial charge in [0.25, 0.3) is 0 Å². The van der Waals surface area contributed by atoms with Crippen molar-refractivity contribution < 1.29 is 9.84 Å². The molecular formula is C6H11BrClO2. The quantitative estimate of drug-likeness (QED) is 0.506. The molecule has 10 heavy (non-hydrogen) atoms. The molecule has 0 amide bonds. The lowest BCUT2D eigenvalue weighted by Crippen LogP contribution is -2.12. The van der Waals surface area contributed by atoms with E-state index >= 15 is 0 Å². The fourth-order valence-corrected chi connectivity index (χ4v) is 0.712. The Balaban J connectivity index is 2.89. The average Bonchev–Trinajstić information content (AvgIpc) is 1.98. The molecule has 2 nitrogen and oxygen atoms in total. The molecule has 0 N–H and O–H groups in total. The largest absolute Gasteiger partial charge is 0.380 e. The third-order valence-corrected chi connectivity index (χ3v) is 1.70. The van der Waals surface area contributed by atoms with Gasteiger partial charge in [-0.15, -0.1) is 11.6 Å². The van der Waals surface area contributed by atoms with Gasteiger partial charge in [0.05, 0.1) is 18.0 Å². The van der Waals surface area contributed by atoms with Crippen molar-refractivity contribution in [1.82, 2.24) is 0 Å². The van der Waals surface area contributed by atoms with Crippen LogP contribution in [0.2, 0.25) is 0 Å². The summed E-state index contributed by atoms with van der Waals surface area (Å²) in [6.07, 6.45) is 0.847. The summed E-state index contributed by atoms with van der Waals surface area (Å²) in [5, 5.41) is 10.1. The third kappa shape index (κ3) is 6.81. The van der Waals surface area contributed by atoms with Crippen LogP contribution in [-0.2, 0) is 9.84 Å². The van der Waals surface area contributed by atoms with Crippen LogP contribution in [0, 0.1) is 0 Å². The second-order valence-electron chi connectivity index (χ2n) is 1.88. The van der Waals surface area contributed by atoms with Gasteiger partial charge in [-0.3, -0.25) is 0 Å². The molecule has 1 unspecified atom stereocenters. The fourth-order valence-electron chi connectivity index (χ4n) is 0.416. The Morgan fingerprint density at radius 2 is 2.30 bits per heavy atom. The van der Waals surface area contributed by atoms with Crippen LogP contribution in [0.3, 0.4) is 0 Å². The lowest BCUT2D eigenvalue weighted by atomic mass is 10.5. The molecule has 0 fully saturated rings. The maximum Gasteiger partial charge on any atom is 0.0969 e. The van der Waals surface area contributed by atoms with Crippen molar-refractivity contribution >= 4 is 27.5 Å². The van der Waals surface area contributed by atoms with E-state index < -0.39 is 0 Å². The van der Waals surface area contributed by atoms with Crippen LogP contribution in [0.4, 0.5) is 0 Å². The van der Waals surface area contributed by atoms with E-state index in [4.69, 9.17) is 16.3 Å². The van der Waals surface area contributed by atoms with E-state index in [0.29, 0.717) is 19.1 Å². The van der Waals surface area contributed by atoms with Crippen LogP contribution in [-0.4, -0.2) is 30.5 Å². The number of hydrogen-bond acceptors (Lipinski definition) is 1. The van der Waals surface area contributed by atoms with Crippen LogP contribution in [0.1, 0.15) is 6.42 Å². The van der Waals surface area contributed by atoms with Crippen LogP contribution in [0.15, 0.2) is 0 Å². The van der Waals surface area contributed by atoms with Gasteiger partial charge in [-0.05, 0) is 6.42 Å². The Bertz CT molecular complexity index is 72.8. The second kappa shape index (κ2) is 7.79. The number of rotatable bonds is 6. The monoisotopic (exact) mass is 229 g/mol. The van der Waals surface area contributed by atoms with Crippen LogP contribution >= 0.6 is 27.5 Å². The van der Waals surface area contributed by atoms with Gasteiger partial charge in [0.15, 0.2) is 0 Å². The van der Waals surface area contributed by atoms with Gasteiger partial charge in [0, 0.05) is 12.5 Å². The molecule has 0 spiro atoms.